The van der Waals surface area contributed by atoms with Crippen molar-refractivity contribution in [3.05, 3.63) is 60.7 Å². The maximum absolute atomic E-state index is 12.4. The number of thioether (sulfide) groups is 1. The quantitative estimate of drug-likeness (QED) is 0.352. The molecule has 1 saturated carbocycles. The second kappa shape index (κ2) is 10.2. The van der Waals surface area contributed by atoms with Crippen LogP contribution in [-0.4, -0.2) is 32.1 Å². The largest absolute Gasteiger partial charge is 0.272 e. The fourth-order valence-corrected chi connectivity index (χ4v) is 4.24. The number of aromatic nitrogens is 3. The first-order valence-corrected chi connectivity index (χ1v) is 11.3. The van der Waals surface area contributed by atoms with E-state index in [9.17, 15) is 4.79 Å². The van der Waals surface area contributed by atoms with Gasteiger partial charge in [-0.15, -0.1) is 10.2 Å². The predicted octanol–water partition coefficient (Wildman–Crippen LogP) is 4.85. The molecule has 6 nitrogen and oxygen atoms in total. The maximum atomic E-state index is 12.4. The van der Waals surface area contributed by atoms with E-state index >= 15 is 0 Å². The number of hydrazone groups is 1. The van der Waals surface area contributed by atoms with E-state index < -0.39 is 0 Å². The number of carbonyl (C=O) groups excluding carboxylic acids is 1. The topological polar surface area (TPSA) is 72.2 Å². The van der Waals surface area contributed by atoms with E-state index in [4.69, 9.17) is 0 Å². The van der Waals surface area contributed by atoms with Gasteiger partial charge in [0.25, 0.3) is 5.91 Å². The lowest BCUT2D eigenvalue weighted by atomic mass is 10.2. The van der Waals surface area contributed by atoms with Crippen molar-refractivity contribution >= 4 is 23.4 Å². The summed E-state index contributed by atoms with van der Waals surface area (Å²) in [4.78, 5) is 12.4. The fourth-order valence-electron chi connectivity index (χ4n) is 3.50. The van der Waals surface area contributed by atoms with Crippen molar-refractivity contribution in [1.82, 2.24) is 20.2 Å². The van der Waals surface area contributed by atoms with E-state index in [0.717, 1.165) is 48.5 Å². The zero-order valence-electron chi connectivity index (χ0n) is 16.8. The molecule has 1 aliphatic carbocycles. The number of amides is 1. The molecule has 0 unspecified atom stereocenters. The molecule has 1 heterocycles. The summed E-state index contributed by atoms with van der Waals surface area (Å²) in [6.45, 7) is 0. The molecule has 1 fully saturated rings. The molecule has 3 aromatic rings. The Hall–Kier alpha value is -2.93. The first-order chi connectivity index (χ1) is 14.8. The molecule has 1 aromatic heterocycles. The average Bonchev–Trinajstić information content (AvgIpc) is 3.04. The van der Waals surface area contributed by atoms with Gasteiger partial charge in [-0.05, 0) is 37.8 Å². The molecule has 1 amide bonds. The van der Waals surface area contributed by atoms with E-state index in [1.807, 2.05) is 65.2 Å². The highest BCUT2D eigenvalue weighted by atomic mass is 32.2. The summed E-state index contributed by atoms with van der Waals surface area (Å²) in [6, 6.07) is 19.9. The molecule has 0 atom stereocenters. The summed E-state index contributed by atoms with van der Waals surface area (Å²) in [5.41, 5.74) is 5.76. The van der Waals surface area contributed by atoms with Gasteiger partial charge in [0.05, 0.1) is 5.75 Å². The summed E-state index contributed by atoms with van der Waals surface area (Å²) in [5, 5.41) is 13.8. The van der Waals surface area contributed by atoms with Crippen LogP contribution in [-0.2, 0) is 4.79 Å². The van der Waals surface area contributed by atoms with E-state index in [2.05, 4.69) is 20.7 Å². The highest BCUT2D eigenvalue weighted by Gasteiger charge is 2.17. The van der Waals surface area contributed by atoms with Gasteiger partial charge < -0.3 is 0 Å². The van der Waals surface area contributed by atoms with Gasteiger partial charge in [0.1, 0.15) is 0 Å². The number of nitrogens with zero attached hydrogens (tertiary/aromatic N) is 4. The molecule has 0 bridgehead atoms. The second-order valence-electron chi connectivity index (χ2n) is 7.26. The SMILES string of the molecule is O=C(CSc1nnc(-c2ccccc2)n1-c1ccccc1)NN=C1CCCCCC1. The van der Waals surface area contributed by atoms with Crippen LogP contribution in [0.5, 0.6) is 0 Å². The minimum atomic E-state index is -0.124. The molecule has 30 heavy (non-hydrogen) atoms. The Morgan fingerprint density at radius 3 is 2.30 bits per heavy atom. The molecule has 0 spiro atoms. The third-order valence-corrected chi connectivity index (χ3v) is 5.96. The van der Waals surface area contributed by atoms with Crippen LogP contribution in [0.2, 0.25) is 0 Å². The Morgan fingerprint density at radius 2 is 1.60 bits per heavy atom. The lowest BCUT2D eigenvalue weighted by molar-refractivity contribution is -0.118. The number of hydrogen-bond acceptors (Lipinski definition) is 5. The third kappa shape index (κ3) is 5.16. The Morgan fingerprint density at radius 1 is 0.933 bits per heavy atom. The minimum Gasteiger partial charge on any atom is -0.272 e. The normalized spacial score (nSPS) is 14.2. The number of carbonyl (C=O) groups is 1. The Kier molecular flexibility index (Phi) is 6.92. The van der Waals surface area contributed by atoms with Crippen LogP contribution in [0.3, 0.4) is 0 Å². The summed E-state index contributed by atoms with van der Waals surface area (Å²) in [7, 11) is 0. The van der Waals surface area contributed by atoms with Crippen molar-refractivity contribution in [2.45, 2.75) is 43.7 Å². The summed E-state index contributed by atoms with van der Waals surface area (Å²) < 4.78 is 1.99. The first kappa shape index (κ1) is 20.3. The van der Waals surface area contributed by atoms with Gasteiger partial charge >= 0.3 is 0 Å². The first-order valence-electron chi connectivity index (χ1n) is 10.3. The Balaban J connectivity index is 1.49. The van der Waals surface area contributed by atoms with Gasteiger partial charge in [0.2, 0.25) is 0 Å². The standard InChI is InChI=1S/C23H25N5OS/c29-21(25-24-19-13-7-1-2-8-14-19)17-30-23-27-26-22(18-11-5-3-6-12-18)28(23)20-15-9-4-10-16-20/h3-6,9-12,15-16H,1-2,7-8,13-14,17H2,(H,25,29). The molecule has 1 aliphatic rings. The molecule has 0 radical (unpaired) electrons. The third-order valence-electron chi connectivity index (χ3n) is 5.03. The highest BCUT2D eigenvalue weighted by Crippen LogP contribution is 2.27. The van der Waals surface area contributed by atoms with Crippen LogP contribution in [0.25, 0.3) is 17.1 Å². The summed E-state index contributed by atoms with van der Waals surface area (Å²) in [6.07, 6.45) is 6.79. The molecule has 1 N–H and O–H groups in total. The molecule has 4 rings (SSSR count). The van der Waals surface area contributed by atoms with Gasteiger partial charge in [0.15, 0.2) is 11.0 Å². The number of nitrogens with one attached hydrogen (secondary N) is 1. The van der Waals surface area contributed by atoms with E-state index in [1.54, 1.807) is 0 Å². The van der Waals surface area contributed by atoms with Gasteiger partial charge in [-0.2, -0.15) is 5.10 Å². The van der Waals surface area contributed by atoms with E-state index in [-0.39, 0.29) is 11.7 Å². The molecule has 7 heteroatoms. The van der Waals surface area contributed by atoms with Crippen LogP contribution >= 0.6 is 11.8 Å². The molecule has 0 saturated heterocycles. The average molecular weight is 420 g/mol. The molecular weight excluding hydrogens is 394 g/mol. The van der Waals surface area contributed by atoms with Crippen molar-refractivity contribution in [3.63, 3.8) is 0 Å². The van der Waals surface area contributed by atoms with Crippen LogP contribution in [0.1, 0.15) is 38.5 Å². The van der Waals surface area contributed by atoms with Crippen LogP contribution in [0, 0.1) is 0 Å². The summed E-state index contributed by atoms with van der Waals surface area (Å²) in [5.74, 6) is 0.861. The van der Waals surface area contributed by atoms with Crippen molar-refractivity contribution < 1.29 is 4.79 Å². The van der Waals surface area contributed by atoms with Crippen LogP contribution < -0.4 is 5.43 Å². The van der Waals surface area contributed by atoms with E-state index in [1.165, 1.54) is 24.6 Å². The molecule has 0 aliphatic heterocycles. The lowest BCUT2D eigenvalue weighted by Crippen LogP contribution is -2.21. The predicted molar refractivity (Wildman–Crippen MR) is 121 cm³/mol. The summed E-state index contributed by atoms with van der Waals surface area (Å²) >= 11 is 1.36. The van der Waals surface area contributed by atoms with Crippen molar-refractivity contribution in [3.8, 4) is 17.1 Å². The fraction of sp³-hybridized carbons (Fsp3) is 0.304. The van der Waals surface area contributed by atoms with Gasteiger partial charge in [-0.25, -0.2) is 5.43 Å². The van der Waals surface area contributed by atoms with Crippen molar-refractivity contribution in [2.24, 2.45) is 5.10 Å². The van der Waals surface area contributed by atoms with Crippen molar-refractivity contribution in [2.75, 3.05) is 5.75 Å². The number of benzene rings is 2. The smallest absolute Gasteiger partial charge is 0.250 e. The lowest BCUT2D eigenvalue weighted by Gasteiger charge is -2.10. The monoisotopic (exact) mass is 419 g/mol. The molecule has 154 valence electrons. The van der Waals surface area contributed by atoms with Gasteiger partial charge in [-0.3, -0.25) is 9.36 Å². The number of hydrogen-bond donors (Lipinski definition) is 1. The van der Waals surface area contributed by atoms with E-state index in [0.29, 0.717) is 5.16 Å². The van der Waals surface area contributed by atoms with Gasteiger partial charge in [-0.1, -0.05) is 73.1 Å². The zero-order valence-corrected chi connectivity index (χ0v) is 17.6. The highest BCUT2D eigenvalue weighted by molar-refractivity contribution is 7.99. The zero-order chi connectivity index (χ0) is 20.6. The molecular formula is C23H25N5OS. The Labute approximate surface area is 180 Å². The Bertz CT molecular complexity index is 991. The molecule has 2 aromatic carbocycles. The maximum Gasteiger partial charge on any atom is 0.250 e. The van der Waals surface area contributed by atoms with Gasteiger partial charge in [0, 0.05) is 17.0 Å². The van der Waals surface area contributed by atoms with Crippen LogP contribution in [0.15, 0.2) is 70.9 Å². The number of rotatable bonds is 6. The van der Waals surface area contributed by atoms with Crippen molar-refractivity contribution in [1.29, 1.82) is 0 Å². The minimum absolute atomic E-state index is 0.124. The van der Waals surface area contributed by atoms with Crippen LogP contribution in [0.4, 0.5) is 0 Å². The number of para-hydroxylation sites is 1. The second-order valence-corrected chi connectivity index (χ2v) is 8.20.